The third-order valence-electron chi connectivity index (χ3n) is 5.51. The molecule has 2 N–H and O–H groups in total. The average Bonchev–Trinajstić information content (AvgIpc) is 3.26. The maximum atomic E-state index is 12.9. The number of anilines is 1. The lowest BCUT2D eigenvalue weighted by Crippen LogP contribution is -2.26. The van der Waals surface area contributed by atoms with Gasteiger partial charge >= 0.3 is 0 Å². The maximum absolute atomic E-state index is 12.9. The zero-order chi connectivity index (χ0) is 24.0. The quantitative estimate of drug-likeness (QED) is 0.354. The fourth-order valence-corrected chi connectivity index (χ4v) is 4.76. The van der Waals surface area contributed by atoms with E-state index in [0.717, 1.165) is 30.6 Å². The van der Waals surface area contributed by atoms with Crippen LogP contribution in [-0.2, 0) is 22.9 Å². The summed E-state index contributed by atoms with van der Waals surface area (Å²) in [5, 5.41) is 2.84. The Hall–Kier alpha value is -3.65. The summed E-state index contributed by atoms with van der Waals surface area (Å²) in [7, 11) is -3.82. The smallest absolute Gasteiger partial charge is 0.261 e. The molecule has 1 amide bonds. The van der Waals surface area contributed by atoms with Crippen molar-refractivity contribution in [3.8, 4) is 0 Å². The number of benzene rings is 2. The maximum Gasteiger partial charge on any atom is 0.261 e. The lowest BCUT2D eigenvalue weighted by atomic mass is 10.1. The molecule has 0 radical (unpaired) electrons. The van der Waals surface area contributed by atoms with Crippen LogP contribution in [-0.4, -0.2) is 30.3 Å². The highest BCUT2D eigenvalue weighted by atomic mass is 32.2. The number of hydrogen-bond acceptors (Lipinski definition) is 4. The molecule has 2 aromatic heterocycles. The molecule has 0 bridgehead atoms. The fraction of sp³-hybridized carbons (Fsp3) is 0.231. The van der Waals surface area contributed by atoms with Crippen LogP contribution in [0.25, 0.3) is 5.65 Å². The summed E-state index contributed by atoms with van der Waals surface area (Å²) in [6.45, 7) is 2.53. The summed E-state index contributed by atoms with van der Waals surface area (Å²) < 4.78 is 30.2. The summed E-state index contributed by atoms with van der Waals surface area (Å²) in [6.07, 6.45) is 7.60. The molecule has 0 saturated carbocycles. The molecule has 0 atom stereocenters. The SMILES string of the molecule is CCCCc1ccc(NS(=O)(=O)c2cccc(C(=O)NCCc3cn4ccccc4n3)c2)cc1. The van der Waals surface area contributed by atoms with Crippen molar-refractivity contribution in [1.82, 2.24) is 14.7 Å². The summed E-state index contributed by atoms with van der Waals surface area (Å²) >= 11 is 0. The normalized spacial score (nSPS) is 11.4. The highest BCUT2D eigenvalue weighted by molar-refractivity contribution is 7.92. The molecule has 0 aliphatic heterocycles. The third kappa shape index (κ3) is 5.82. The number of rotatable bonds is 10. The van der Waals surface area contributed by atoms with Crippen molar-refractivity contribution >= 4 is 27.3 Å². The predicted molar refractivity (Wildman–Crippen MR) is 134 cm³/mol. The Morgan fingerprint density at radius 1 is 1.00 bits per heavy atom. The van der Waals surface area contributed by atoms with Gasteiger partial charge in [0.05, 0.1) is 10.6 Å². The molecule has 34 heavy (non-hydrogen) atoms. The Morgan fingerprint density at radius 3 is 2.59 bits per heavy atom. The van der Waals surface area contributed by atoms with E-state index in [9.17, 15) is 13.2 Å². The van der Waals surface area contributed by atoms with Crippen LogP contribution < -0.4 is 10.0 Å². The molecule has 4 rings (SSSR count). The number of pyridine rings is 1. The second-order valence-electron chi connectivity index (χ2n) is 8.14. The summed E-state index contributed by atoms with van der Waals surface area (Å²) in [6, 6.07) is 19.2. The Balaban J connectivity index is 1.37. The van der Waals surface area contributed by atoms with Crippen molar-refractivity contribution in [2.75, 3.05) is 11.3 Å². The van der Waals surface area contributed by atoms with Crippen molar-refractivity contribution < 1.29 is 13.2 Å². The predicted octanol–water partition coefficient (Wildman–Crippen LogP) is 4.45. The van der Waals surface area contributed by atoms with Crippen molar-refractivity contribution in [2.24, 2.45) is 0 Å². The second kappa shape index (κ2) is 10.5. The number of carbonyl (C=O) groups excluding carboxylic acids is 1. The van der Waals surface area contributed by atoms with Gasteiger partial charge in [0, 0.05) is 36.6 Å². The van der Waals surface area contributed by atoms with Crippen molar-refractivity contribution in [3.63, 3.8) is 0 Å². The number of unbranched alkanes of at least 4 members (excludes halogenated alkanes) is 1. The van der Waals surface area contributed by atoms with E-state index in [-0.39, 0.29) is 16.4 Å². The number of hydrogen-bond donors (Lipinski definition) is 2. The monoisotopic (exact) mass is 476 g/mol. The fourth-order valence-electron chi connectivity index (χ4n) is 3.65. The first-order valence-corrected chi connectivity index (χ1v) is 12.9. The van der Waals surface area contributed by atoms with Gasteiger partial charge in [0.2, 0.25) is 0 Å². The third-order valence-corrected chi connectivity index (χ3v) is 6.89. The average molecular weight is 477 g/mol. The molecule has 7 nitrogen and oxygen atoms in total. The van der Waals surface area contributed by atoms with Crippen LogP contribution in [0.4, 0.5) is 5.69 Å². The van der Waals surface area contributed by atoms with Crippen LogP contribution in [0.5, 0.6) is 0 Å². The molecule has 0 unspecified atom stereocenters. The summed E-state index contributed by atoms with van der Waals surface area (Å²) in [4.78, 5) is 17.2. The second-order valence-corrected chi connectivity index (χ2v) is 9.82. The van der Waals surface area contributed by atoms with Crippen LogP contribution in [0.15, 0.2) is 84.0 Å². The number of aryl methyl sites for hydroxylation is 1. The molecule has 2 heterocycles. The van der Waals surface area contributed by atoms with E-state index >= 15 is 0 Å². The lowest BCUT2D eigenvalue weighted by molar-refractivity contribution is 0.0954. The number of imidazole rings is 1. The van der Waals surface area contributed by atoms with Crippen LogP contribution in [0, 0.1) is 0 Å². The van der Waals surface area contributed by atoms with Gasteiger partial charge in [-0.05, 0) is 60.9 Å². The summed E-state index contributed by atoms with van der Waals surface area (Å²) in [5.41, 5.74) is 3.67. The van der Waals surface area contributed by atoms with Crippen LogP contribution in [0.3, 0.4) is 0 Å². The van der Waals surface area contributed by atoms with Gasteiger partial charge in [0.25, 0.3) is 15.9 Å². The zero-order valence-corrected chi connectivity index (χ0v) is 19.9. The van der Waals surface area contributed by atoms with Crippen molar-refractivity contribution in [2.45, 2.75) is 37.5 Å². The van der Waals surface area contributed by atoms with Crippen molar-refractivity contribution in [3.05, 3.63) is 95.9 Å². The molecule has 176 valence electrons. The van der Waals surface area contributed by atoms with Gasteiger partial charge in [0.15, 0.2) is 0 Å². The molecule has 8 heteroatoms. The molecule has 0 aliphatic rings. The van der Waals surface area contributed by atoms with E-state index in [0.29, 0.717) is 18.7 Å². The highest BCUT2D eigenvalue weighted by Gasteiger charge is 2.17. The minimum absolute atomic E-state index is 0.0376. The van der Waals surface area contributed by atoms with Gasteiger partial charge < -0.3 is 9.72 Å². The standard InChI is InChI=1S/C26H28N4O3S/c1-2-3-7-20-11-13-22(14-12-20)29-34(32,33)24-9-6-8-21(18-24)26(31)27-16-15-23-19-30-17-5-4-10-25(30)28-23/h4-6,8-14,17-19,29H,2-3,7,15-16H2,1H3,(H,27,31). The van der Waals surface area contributed by atoms with E-state index in [1.165, 1.54) is 17.7 Å². The van der Waals surface area contributed by atoms with Gasteiger partial charge in [-0.1, -0.05) is 37.6 Å². The number of amides is 1. The molecule has 0 spiro atoms. The lowest BCUT2D eigenvalue weighted by Gasteiger charge is -2.10. The van der Waals surface area contributed by atoms with Crippen LogP contribution >= 0.6 is 0 Å². The number of aromatic nitrogens is 2. The van der Waals surface area contributed by atoms with E-state index in [1.54, 1.807) is 24.3 Å². The Labute approximate surface area is 199 Å². The van der Waals surface area contributed by atoms with E-state index in [2.05, 4.69) is 21.9 Å². The van der Waals surface area contributed by atoms with Gasteiger partial charge in [-0.2, -0.15) is 0 Å². The van der Waals surface area contributed by atoms with Crippen LogP contribution in [0.2, 0.25) is 0 Å². The molecule has 0 fully saturated rings. The molecule has 2 aromatic carbocycles. The minimum atomic E-state index is -3.82. The first-order chi connectivity index (χ1) is 16.4. The molecular weight excluding hydrogens is 448 g/mol. The van der Waals surface area contributed by atoms with Gasteiger partial charge in [-0.15, -0.1) is 0 Å². The number of fused-ring (bicyclic) bond motifs is 1. The van der Waals surface area contributed by atoms with Gasteiger partial charge in [-0.3, -0.25) is 9.52 Å². The first kappa shape index (κ1) is 23.5. The molecule has 0 saturated heterocycles. The first-order valence-electron chi connectivity index (χ1n) is 11.4. The molecule has 0 aliphatic carbocycles. The summed E-state index contributed by atoms with van der Waals surface area (Å²) in [5.74, 6) is -0.332. The minimum Gasteiger partial charge on any atom is -0.352 e. The van der Waals surface area contributed by atoms with Gasteiger partial charge in [0.1, 0.15) is 5.65 Å². The number of nitrogens with one attached hydrogen (secondary N) is 2. The molecule has 4 aromatic rings. The number of nitrogens with zero attached hydrogens (tertiary/aromatic N) is 2. The number of sulfonamides is 1. The topological polar surface area (TPSA) is 92.6 Å². The van der Waals surface area contributed by atoms with E-state index in [4.69, 9.17) is 0 Å². The zero-order valence-electron chi connectivity index (χ0n) is 19.1. The van der Waals surface area contributed by atoms with Crippen molar-refractivity contribution in [1.29, 1.82) is 0 Å². The Kier molecular flexibility index (Phi) is 7.27. The van der Waals surface area contributed by atoms with E-state index < -0.39 is 10.0 Å². The molecular formula is C26H28N4O3S. The Morgan fingerprint density at radius 2 is 1.82 bits per heavy atom. The highest BCUT2D eigenvalue weighted by Crippen LogP contribution is 2.18. The van der Waals surface area contributed by atoms with Gasteiger partial charge in [-0.25, -0.2) is 13.4 Å². The number of carbonyl (C=O) groups is 1. The Bertz CT molecular complexity index is 1350. The largest absolute Gasteiger partial charge is 0.352 e. The van der Waals surface area contributed by atoms with Crippen LogP contribution in [0.1, 0.15) is 41.4 Å². The van der Waals surface area contributed by atoms with E-state index in [1.807, 2.05) is 47.1 Å².